The molecule has 0 spiro atoms. The normalized spacial score (nSPS) is 10.7. The average molecular weight is 239 g/mol. The van der Waals surface area contributed by atoms with E-state index in [1.54, 1.807) is 7.11 Å². The molecule has 0 N–H and O–H groups in total. The minimum atomic E-state index is 0.195. The second-order valence-corrected chi connectivity index (χ2v) is 3.87. The largest absolute Gasteiger partial charge is 0.382 e. The number of aryl methyl sites for hydroxylation is 1. The highest BCUT2D eigenvalue weighted by atomic mass is 16.5. The maximum Gasteiger partial charge on any atom is 0.164 e. The number of ether oxygens (including phenoxy) is 2. The zero-order valence-corrected chi connectivity index (χ0v) is 10.6. The second-order valence-electron chi connectivity index (χ2n) is 3.87. The predicted molar refractivity (Wildman–Crippen MR) is 66.4 cm³/mol. The van der Waals surface area contributed by atoms with Crippen LogP contribution in [0, 0.1) is 0 Å². The molecule has 17 heavy (non-hydrogen) atoms. The molecule has 1 aromatic rings. The molecule has 1 rings (SSSR count). The standard InChI is InChI=1S/C13H21NO3/c1-3-13(15)12-5-7-14(11-12)6-4-8-17-10-9-16-2/h5,7,11H,3-4,6,8-10H2,1-2H3. The molecular weight excluding hydrogens is 218 g/mol. The van der Waals surface area contributed by atoms with Crippen molar-refractivity contribution in [2.24, 2.45) is 0 Å². The van der Waals surface area contributed by atoms with E-state index in [2.05, 4.69) is 0 Å². The Labute approximate surface area is 103 Å². The SMILES string of the molecule is CCC(=O)c1ccn(CCCOCCOC)c1. The van der Waals surface area contributed by atoms with E-state index < -0.39 is 0 Å². The van der Waals surface area contributed by atoms with Crippen molar-refractivity contribution in [2.45, 2.75) is 26.3 Å². The number of hydrogen-bond donors (Lipinski definition) is 0. The van der Waals surface area contributed by atoms with Crippen LogP contribution in [0.2, 0.25) is 0 Å². The van der Waals surface area contributed by atoms with E-state index in [0.717, 1.165) is 25.1 Å². The number of carbonyl (C=O) groups is 1. The first kappa shape index (κ1) is 13.9. The van der Waals surface area contributed by atoms with Gasteiger partial charge in [-0.25, -0.2) is 0 Å². The van der Waals surface area contributed by atoms with E-state index in [0.29, 0.717) is 19.6 Å². The molecule has 0 radical (unpaired) electrons. The van der Waals surface area contributed by atoms with Crippen molar-refractivity contribution in [3.63, 3.8) is 0 Å². The monoisotopic (exact) mass is 239 g/mol. The highest BCUT2D eigenvalue weighted by Gasteiger charge is 2.04. The van der Waals surface area contributed by atoms with E-state index in [4.69, 9.17) is 9.47 Å². The van der Waals surface area contributed by atoms with Gasteiger partial charge in [0.2, 0.25) is 0 Å². The summed E-state index contributed by atoms with van der Waals surface area (Å²) in [7, 11) is 1.66. The van der Waals surface area contributed by atoms with Gasteiger partial charge >= 0.3 is 0 Å². The predicted octanol–water partition coefficient (Wildman–Crippen LogP) is 2.13. The Morgan fingerprint density at radius 1 is 1.35 bits per heavy atom. The Bertz CT molecular complexity index is 333. The van der Waals surface area contributed by atoms with Gasteiger partial charge in [-0.05, 0) is 12.5 Å². The maximum atomic E-state index is 11.4. The summed E-state index contributed by atoms with van der Waals surface area (Å²) >= 11 is 0. The maximum absolute atomic E-state index is 11.4. The van der Waals surface area contributed by atoms with Gasteiger partial charge in [0.1, 0.15) is 0 Å². The Kier molecular flexibility index (Phi) is 6.58. The Morgan fingerprint density at radius 2 is 2.18 bits per heavy atom. The molecule has 0 saturated heterocycles. The summed E-state index contributed by atoms with van der Waals surface area (Å²) in [4.78, 5) is 11.4. The highest BCUT2D eigenvalue weighted by Crippen LogP contribution is 2.05. The van der Waals surface area contributed by atoms with Crippen molar-refractivity contribution < 1.29 is 14.3 Å². The molecule has 0 fully saturated rings. The van der Waals surface area contributed by atoms with Crippen LogP contribution in [-0.4, -0.2) is 37.3 Å². The Hall–Kier alpha value is -1.13. The Balaban J connectivity index is 2.19. The molecular formula is C13H21NO3. The summed E-state index contributed by atoms with van der Waals surface area (Å²) in [5, 5.41) is 0. The van der Waals surface area contributed by atoms with Crippen molar-refractivity contribution in [1.82, 2.24) is 4.57 Å². The molecule has 0 aliphatic heterocycles. The molecule has 0 atom stereocenters. The van der Waals surface area contributed by atoms with Crippen LogP contribution in [-0.2, 0) is 16.0 Å². The van der Waals surface area contributed by atoms with Crippen LogP contribution in [0.5, 0.6) is 0 Å². The van der Waals surface area contributed by atoms with Gasteiger partial charge in [0.25, 0.3) is 0 Å². The van der Waals surface area contributed by atoms with Crippen molar-refractivity contribution in [2.75, 3.05) is 26.9 Å². The first-order valence-electron chi connectivity index (χ1n) is 6.03. The van der Waals surface area contributed by atoms with Crippen molar-refractivity contribution in [3.05, 3.63) is 24.0 Å². The smallest absolute Gasteiger partial charge is 0.164 e. The van der Waals surface area contributed by atoms with Crippen LogP contribution >= 0.6 is 0 Å². The summed E-state index contributed by atoms with van der Waals surface area (Å²) in [6.45, 7) is 4.76. The van der Waals surface area contributed by atoms with Gasteiger partial charge in [-0.1, -0.05) is 6.92 Å². The Morgan fingerprint density at radius 3 is 2.88 bits per heavy atom. The molecule has 0 bridgehead atoms. The third-order valence-corrected chi connectivity index (χ3v) is 2.53. The van der Waals surface area contributed by atoms with E-state index in [9.17, 15) is 4.79 Å². The molecule has 4 heteroatoms. The summed E-state index contributed by atoms with van der Waals surface area (Å²) < 4.78 is 12.3. The number of nitrogens with zero attached hydrogens (tertiary/aromatic N) is 1. The topological polar surface area (TPSA) is 40.5 Å². The third kappa shape index (κ3) is 5.15. The molecule has 1 heterocycles. The minimum absolute atomic E-state index is 0.195. The van der Waals surface area contributed by atoms with E-state index in [-0.39, 0.29) is 5.78 Å². The van der Waals surface area contributed by atoms with Gasteiger partial charge < -0.3 is 14.0 Å². The van der Waals surface area contributed by atoms with Crippen molar-refractivity contribution in [3.8, 4) is 0 Å². The lowest BCUT2D eigenvalue weighted by Crippen LogP contribution is -2.05. The molecule has 0 unspecified atom stereocenters. The molecule has 96 valence electrons. The fraction of sp³-hybridized carbons (Fsp3) is 0.615. The summed E-state index contributed by atoms with van der Waals surface area (Å²) in [5.74, 6) is 0.195. The van der Waals surface area contributed by atoms with E-state index >= 15 is 0 Å². The van der Waals surface area contributed by atoms with Gasteiger partial charge in [0, 0.05) is 44.6 Å². The van der Waals surface area contributed by atoms with Crippen LogP contribution in [0.15, 0.2) is 18.5 Å². The minimum Gasteiger partial charge on any atom is -0.382 e. The number of aromatic nitrogens is 1. The van der Waals surface area contributed by atoms with Crippen molar-refractivity contribution >= 4 is 5.78 Å². The van der Waals surface area contributed by atoms with Gasteiger partial charge in [-0.2, -0.15) is 0 Å². The highest BCUT2D eigenvalue weighted by molar-refractivity contribution is 5.95. The number of hydrogen-bond acceptors (Lipinski definition) is 3. The molecule has 0 aliphatic rings. The molecule has 4 nitrogen and oxygen atoms in total. The zero-order chi connectivity index (χ0) is 12.5. The second kappa shape index (κ2) is 8.03. The average Bonchev–Trinajstić information content (AvgIpc) is 2.81. The van der Waals surface area contributed by atoms with Gasteiger partial charge in [-0.15, -0.1) is 0 Å². The van der Waals surface area contributed by atoms with Crippen molar-refractivity contribution in [1.29, 1.82) is 0 Å². The molecule has 1 aromatic heterocycles. The fourth-order valence-electron chi connectivity index (χ4n) is 1.54. The first-order chi connectivity index (χ1) is 8.27. The molecule has 0 saturated carbocycles. The number of methoxy groups -OCH3 is 1. The van der Waals surface area contributed by atoms with Crippen LogP contribution in [0.4, 0.5) is 0 Å². The zero-order valence-electron chi connectivity index (χ0n) is 10.6. The van der Waals surface area contributed by atoms with E-state index in [1.807, 2.05) is 30.0 Å². The summed E-state index contributed by atoms with van der Waals surface area (Å²) in [5.41, 5.74) is 0.799. The van der Waals surface area contributed by atoms with Crippen LogP contribution in [0.3, 0.4) is 0 Å². The van der Waals surface area contributed by atoms with Crippen LogP contribution < -0.4 is 0 Å². The van der Waals surface area contributed by atoms with Crippen LogP contribution in [0.25, 0.3) is 0 Å². The molecule has 0 aliphatic carbocycles. The lowest BCUT2D eigenvalue weighted by atomic mass is 10.2. The quantitative estimate of drug-likeness (QED) is 0.489. The van der Waals surface area contributed by atoms with Crippen LogP contribution in [0.1, 0.15) is 30.1 Å². The lowest BCUT2D eigenvalue weighted by molar-refractivity contribution is 0.0680. The number of Topliss-reactive ketones (excluding diaryl/α,β-unsaturated/α-hetero) is 1. The molecule has 0 aromatic carbocycles. The van der Waals surface area contributed by atoms with Gasteiger partial charge in [0.05, 0.1) is 13.2 Å². The number of carbonyl (C=O) groups excluding carboxylic acids is 1. The first-order valence-corrected chi connectivity index (χ1v) is 6.03. The van der Waals surface area contributed by atoms with Gasteiger partial charge in [-0.3, -0.25) is 4.79 Å². The lowest BCUT2D eigenvalue weighted by Gasteiger charge is -2.04. The number of ketones is 1. The van der Waals surface area contributed by atoms with Gasteiger partial charge in [0.15, 0.2) is 5.78 Å². The summed E-state index contributed by atoms with van der Waals surface area (Å²) in [6.07, 6.45) is 5.35. The van der Waals surface area contributed by atoms with E-state index in [1.165, 1.54) is 0 Å². The fourth-order valence-corrected chi connectivity index (χ4v) is 1.54. The number of rotatable bonds is 9. The molecule has 0 amide bonds. The summed E-state index contributed by atoms with van der Waals surface area (Å²) in [6, 6.07) is 1.87. The third-order valence-electron chi connectivity index (χ3n) is 2.53.